The van der Waals surface area contributed by atoms with Crippen molar-refractivity contribution in [2.75, 3.05) is 0 Å². The molecule has 6 aromatic rings. The van der Waals surface area contributed by atoms with Crippen LogP contribution in [0.4, 0.5) is 0 Å². The Morgan fingerprint density at radius 3 is 2.46 bits per heavy atom. The van der Waals surface area contributed by atoms with E-state index in [1.807, 2.05) is 41.8 Å². The molecule has 1 aliphatic rings. The van der Waals surface area contributed by atoms with E-state index in [9.17, 15) is 0 Å². The molecule has 1 radical (unpaired) electrons. The van der Waals surface area contributed by atoms with Gasteiger partial charge in [-0.1, -0.05) is 59.8 Å². The van der Waals surface area contributed by atoms with Crippen molar-refractivity contribution in [3.05, 3.63) is 133 Å². The van der Waals surface area contributed by atoms with Gasteiger partial charge < -0.3 is 4.98 Å². The predicted molar refractivity (Wildman–Crippen MR) is 143 cm³/mol. The van der Waals surface area contributed by atoms with Gasteiger partial charge in [-0.25, -0.2) is 11.3 Å². The molecule has 0 atom stereocenters. The van der Waals surface area contributed by atoms with Crippen molar-refractivity contribution in [1.29, 1.82) is 0 Å². The number of benzene rings is 3. The molecule has 0 spiro atoms. The summed E-state index contributed by atoms with van der Waals surface area (Å²) in [4.78, 5) is 7.72. The van der Waals surface area contributed by atoms with Crippen LogP contribution in [0.15, 0.2) is 116 Å². The molecular weight excluding hydrogens is 625 g/mol. The van der Waals surface area contributed by atoms with Crippen LogP contribution in [-0.4, -0.2) is 9.97 Å². The summed E-state index contributed by atoms with van der Waals surface area (Å²) < 4.78 is 30.7. The second kappa shape index (κ2) is 12.5. The minimum Gasteiger partial charge on any atom is -0.305 e. The SMILES string of the molecule is [2H]c1cnc([2H])c([2H])c1[2H].[Ir].[c-]1cc(C2CC2)ccc1-c1ccccn1.[c-]1ccc2c(c1)sc1ccccc12. The molecule has 175 valence electrons. The molecule has 0 bridgehead atoms. The summed E-state index contributed by atoms with van der Waals surface area (Å²) in [5.41, 5.74) is 3.51. The van der Waals surface area contributed by atoms with Crippen molar-refractivity contribution >= 4 is 31.5 Å². The Hall–Kier alpha value is -3.17. The normalized spacial score (nSPS) is 13.6. The van der Waals surface area contributed by atoms with Gasteiger partial charge in [-0.15, -0.1) is 40.8 Å². The smallest absolute Gasteiger partial charge is 0.0840 e. The van der Waals surface area contributed by atoms with E-state index in [2.05, 4.69) is 76.7 Å². The summed E-state index contributed by atoms with van der Waals surface area (Å²) in [6.07, 6.45) is 5.36. The summed E-state index contributed by atoms with van der Waals surface area (Å²) in [5.74, 6) is 0.805. The Kier molecular flexibility index (Phi) is 7.17. The zero-order valence-corrected chi connectivity index (χ0v) is 22.0. The minimum absolute atomic E-state index is 0. The van der Waals surface area contributed by atoms with E-state index in [4.69, 9.17) is 5.48 Å². The van der Waals surface area contributed by atoms with Gasteiger partial charge in [-0.05, 0) is 35.3 Å². The van der Waals surface area contributed by atoms with Crippen LogP contribution in [-0.2, 0) is 20.1 Å². The van der Waals surface area contributed by atoms with Gasteiger partial charge in [0.2, 0.25) is 0 Å². The molecule has 4 heteroatoms. The zero-order valence-electron chi connectivity index (χ0n) is 22.8. The van der Waals surface area contributed by atoms with Crippen LogP contribution in [0.3, 0.4) is 0 Å². The molecule has 3 heterocycles. The average Bonchev–Trinajstić information content (AvgIpc) is 3.76. The molecule has 0 amide bonds. The fraction of sp³-hybridized carbons (Fsp3) is 0.0968. The summed E-state index contributed by atoms with van der Waals surface area (Å²) in [6, 6.07) is 32.9. The van der Waals surface area contributed by atoms with E-state index in [-0.39, 0.29) is 44.4 Å². The predicted octanol–water partition coefficient (Wildman–Crippen LogP) is 8.36. The van der Waals surface area contributed by atoms with Crippen LogP contribution in [0.2, 0.25) is 0 Å². The van der Waals surface area contributed by atoms with Crippen molar-refractivity contribution in [2.24, 2.45) is 0 Å². The van der Waals surface area contributed by atoms with Gasteiger partial charge in [0.1, 0.15) is 0 Å². The molecule has 1 fully saturated rings. The number of hydrogen-bond acceptors (Lipinski definition) is 3. The van der Waals surface area contributed by atoms with Gasteiger partial charge in [0.15, 0.2) is 0 Å². The minimum atomic E-state index is -0.285. The Morgan fingerprint density at radius 2 is 1.69 bits per heavy atom. The molecule has 3 aromatic heterocycles. The van der Waals surface area contributed by atoms with E-state index < -0.39 is 0 Å². The van der Waals surface area contributed by atoms with Gasteiger partial charge >= 0.3 is 0 Å². The number of thiophene rings is 1. The maximum atomic E-state index is 7.05. The maximum absolute atomic E-state index is 7.05. The molecule has 1 saturated carbocycles. The summed E-state index contributed by atoms with van der Waals surface area (Å²) in [6.45, 7) is 0. The van der Waals surface area contributed by atoms with Crippen molar-refractivity contribution in [3.8, 4) is 11.3 Å². The van der Waals surface area contributed by atoms with Gasteiger partial charge in [-0.2, -0.15) is 24.3 Å². The number of nitrogens with zero attached hydrogens (tertiary/aromatic N) is 2. The van der Waals surface area contributed by atoms with Crippen LogP contribution in [0.5, 0.6) is 0 Å². The first-order valence-electron chi connectivity index (χ1n) is 13.1. The number of aromatic nitrogens is 2. The molecule has 3 aromatic carbocycles. The second-order valence-corrected chi connectivity index (χ2v) is 8.89. The summed E-state index contributed by atoms with van der Waals surface area (Å²) in [5, 5.41) is 2.70. The molecule has 0 N–H and O–H groups in total. The Bertz CT molecular complexity index is 1590. The Morgan fingerprint density at radius 1 is 0.829 bits per heavy atom. The molecular formula is C31H24IrN2S-2. The first-order chi connectivity index (χ1) is 18.5. The molecule has 7 rings (SSSR count). The Labute approximate surface area is 229 Å². The zero-order chi connectivity index (χ0) is 26.5. The van der Waals surface area contributed by atoms with E-state index in [1.165, 1.54) is 38.6 Å². The maximum Gasteiger partial charge on any atom is 0.0840 e. The van der Waals surface area contributed by atoms with Crippen LogP contribution in [0, 0.1) is 12.1 Å². The standard InChI is InChI=1S/C14H12N.C12H7S.C5H5N.Ir/c1-2-10-15-14(3-1)13-8-6-12(7-9-13)11-4-5-11;1-3-7-11-9(5-1)10-6-2-4-8-12(10)13-11;1-2-4-6-5-3-1;/h1-3,6-8,10-11H,4-5H2;1-3,5-8H;1-5H;/q2*-1;;/i;;1D,2D,3D,4D;. The van der Waals surface area contributed by atoms with E-state index in [0.717, 1.165) is 23.4 Å². The third-order valence-corrected chi connectivity index (χ3v) is 6.57. The summed E-state index contributed by atoms with van der Waals surface area (Å²) >= 11 is 1.83. The Balaban J connectivity index is 0.000000137. The van der Waals surface area contributed by atoms with E-state index in [1.54, 1.807) is 0 Å². The number of pyridine rings is 2. The monoisotopic (exact) mass is 653 g/mol. The molecule has 0 saturated heterocycles. The quantitative estimate of drug-likeness (QED) is 0.176. The number of fused-ring (bicyclic) bond motifs is 3. The van der Waals surface area contributed by atoms with E-state index >= 15 is 0 Å². The van der Waals surface area contributed by atoms with Crippen molar-refractivity contribution in [3.63, 3.8) is 0 Å². The third-order valence-electron chi connectivity index (χ3n) is 5.43. The van der Waals surface area contributed by atoms with Gasteiger partial charge in [-0.3, -0.25) is 4.98 Å². The van der Waals surface area contributed by atoms with Crippen molar-refractivity contribution < 1.29 is 25.6 Å². The average molecular weight is 653 g/mol. The molecule has 2 nitrogen and oxygen atoms in total. The van der Waals surface area contributed by atoms with E-state index in [0.29, 0.717) is 0 Å². The number of rotatable bonds is 2. The number of hydrogen-bond donors (Lipinski definition) is 0. The van der Waals surface area contributed by atoms with Crippen LogP contribution >= 0.6 is 11.3 Å². The van der Waals surface area contributed by atoms with Gasteiger partial charge in [0.25, 0.3) is 0 Å². The van der Waals surface area contributed by atoms with Crippen molar-refractivity contribution in [1.82, 2.24) is 9.97 Å². The van der Waals surface area contributed by atoms with Crippen molar-refractivity contribution in [2.45, 2.75) is 18.8 Å². The van der Waals surface area contributed by atoms with Crippen LogP contribution in [0.1, 0.15) is 29.8 Å². The molecule has 0 aliphatic heterocycles. The topological polar surface area (TPSA) is 25.8 Å². The first-order valence-corrected chi connectivity index (χ1v) is 11.9. The molecule has 0 unspecified atom stereocenters. The van der Waals surface area contributed by atoms with Gasteiger partial charge in [0, 0.05) is 43.4 Å². The fourth-order valence-corrected chi connectivity index (χ4v) is 4.69. The second-order valence-electron chi connectivity index (χ2n) is 7.81. The van der Waals surface area contributed by atoms with Gasteiger partial charge in [0.05, 0.1) is 5.48 Å². The fourth-order valence-electron chi connectivity index (χ4n) is 3.60. The molecule has 35 heavy (non-hydrogen) atoms. The largest absolute Gasteiger partial charge is 0.305 e. The van der Waals surface area contributed by atoms with Crippen LogP contribution in [0.25, 0.3) is 31.4 Å². The molecule has 1 aliphatic carbocycles. The van der Waals surface area contributed by atoms with Crippen LogP contribution < -0.4 is 0 Å². The first kappa shape index (κ1) is 20.1. The third kappa shape index (κ3) is 6.70. The summed E-state index contributed by atoms with van der Waals surface area (Å²) in [7, 11) is 0.